The Morgan fingerprint density at radius 1 is 1.35 bits per heavy atom. The lowest BCUT2D eigenvalue weighted by Crippen LogP contribution is -2.16. The molecule has 0 unspecified atom stereocenters. The summed E-state index contributed by atoms with van der Waals surface area (Å²) in [5.74, 6) is -1.42. The fraction of sp³-hybridized carbons (Fsp3) is 0.167. The van der Waals surface area contributed by atoms with Crippen LogP contribution in [0.25, 0.3) is 0 Å². The number of aromatic carboxylic acids is 1. The highest BCUT2D eigenvalue weighted by Gasteiger charge is 2.21. The number of carboxylic acid groups (broad SMARTS) is 1. The summed E-state index contributed by atoms with van der Waals surface area (Å²) < 4.78 is 30.2. The van der Waals surface area contributed by atoms with Crippen molar-refractivity contribution >= 4 is 32.5 Å². The van der Waals surface area contributed by atoms with Gasteiger partial charge in [0.2, 0.25) is 10.0 Å². The average molecular weight is 312 g/mol. The SMILES string of the molecule is Cc1nsc(NS(=O)(=O)Cc2ccccc2)c1C(=O)O. The van der Waals surface area contributed by atoms with E-state index in [1.54, 1.807) is 30.3 Å². The predicted octanol–water partition coefficient (Wildman–Crippen LogP) is 2.09. The van der Waals surface area contributed by atoms with Crippen LogP contribution in [0.15, 0.2) is 30.3 Å². The highest BCUT2D eigenvalue weighted by atomic mass is 32.2. The molecule has 1 heterocycles. The number of anilines is 1. The molecule has 8 heteroatoms. The van der Waals surface area contributed by atoms with Gasteiger partial charge in [-0.3, -0.25) is 4.72 Å². The van der Waals surface area contributed by atoms with Crippen molar-refractivity contribution in [2.75, 3.05) is 4.72 Å². The molecule has 2 rings (SSSR count). The Hall–Kier alpha value is -1.93. The van der Waals surface area contributed by atoms with E-state index in [0.717, 1.165) is 11.5 Å². The zero-order chi connectivity index (χ0) is 14.8. The van der Waals surface area contributed by atoms with Crippen LogP contribution in [0.2, 0.25) is 0 Å². The highest BCUT2D eigenvalue weighted by molar-refractivity contribution is 7.92. The summed E-state index contributed by atoms with van der Waals surface area (Å²) in [7, 11) is -3.67. The smallest absolute Gasteiger partial charge is 0.340 e. The quantitative estimate of drug-likeness (QED) is 0.881. The van der Waals surface area contributed by atoms with Crippen LogP contribution in [0.5, 0.6) is 0 Å². The van der Waals surface area contributed by atoms with E-state index < -0.39 is 16.0 Å². The molecule has 0 aliphatic heterocycles. The van der Waals surface area contributed by atoms with E-state index in [4.69, 9.17) is 5.11 Å². The largest absolute Gasteiger partial charge is 0.478 e. The molecule has 1 aromatic heterocycles. The van der Waals surface area contributed by atoms with E-state index in [1.165, 1.54) is 6.92 Å². The van der Waals surface area contributed by atoms with E-state index in [1.807, 2.05) is 0 Å². The molecule has 1 aromatic carbocycles. The van der Waals surface area contributed by atoms with Crippen molar-refractivity contribution in [3.8, 4) is 0 Å². The molecule has 0 bridgehead atoms. The Morgan fingerprint density at radius 3 is 2.60 bits per heavy atom. The van der Waals surface area contributed by atoms with Crippen LogP contribution in [-0.4, -0.2) is 23.9 Å². The summed E-state index contributed by atoms with van der Waals surface area (Å²) in [5, 5.41) is 9.09. The third-order valence-corrected chi connectivity index (χ3v) is 4.74. The lowest BCUT2D eigenvalue weighted by Gasteiger charge is -2.06. The van der Waals surface area contributed by atoms with Crippen molar-refractivity contribution in [2.24, 2.45) is 0 Å². The highest BCUT2D eigenvalue weighted by Crippen LogP contribution is 2.26. The predicted molar refractivity (Wildman–Crippen MR) is 76.5 cm³/mol. The number of rotatable bonds is 5. The number of aryl methyl sites for hydroxylation is 1. The van der Waals surface area contributed by atoms with Crippen molar-refractivity contribution in [1.29, 1.82) is 0 Å². The van der Waals surface area contributed by atoms with Gasteiger partial charge in [-0.1, -0.05) is 30.3 Å². The molecule has 20 heavy (non-hydrogen) atoms. The number of nitrogens with zero attached hydrogens (tertiary/aromatic N) is 1. The molecule has 0 fully saturated rings. The number of carboxylic acids is 1. The lowest BCUT2D eigenvalue weighted by atomic mass is 10.2. The Balaban J connectivity index is 2.23. The standard InChI is InChI=1S/C12H12N2O4S2/c1-8-10(12(15)16)11(19-13-8)14-20(17,18)7-9-5-3-2-4-6-9/h2-6,14H,7H2,1H3,(H,15,16). The van der Waals surface area contributed by atoms with E-state index in [9.17, 15) is 13.2 Å². The molecule has 0 aliphatic carbocycles. The maximum Gasteiger partial charge on any atom is 0.340 e. The molecule has 0 spiro atoms. The average Bonchev–Trinajstić information content (AvgIpc) is 2.70. The minimum absolute atomic E-state index is 0.0333. The molecule has 6 nitrogen and oxygen atoms in total. The molecule has 106 valence electrons. The van der Waals surface area contributed by atoms with Crippen molar-refractivity contribution in [3.63, 3.8) is 0 Å². The van der Waals surface area contributed by atoms with Gasteiger partial charge in [0, 0.05) is 0 Å². The molecule has 0 saturated heterocycles. The summed E-state index contributed by atoms with van der Waals surface area (Å²) in [5.41, 5.74) is 0.810. The van der Waals surface area contributed by atoms with Crippen LogP contribution in [0.4, 0.5) is 5.00 Å². The molecular formula is C12H12N2O4S2. The van der Waals surface area contributed by atoms with Crippen LogP contribution in [0, 0.1) is 6.92 Å². The maximum absolute atomic E-state index is 12.0. The number of hydrogen-bond donors (Lipinski definition) is 2. The normalized spacial score (nSPS) is 11.2. The van der Waals surface area contributed by atoms with Crippen LogP contribution < -0.4 is 4.72 Å². The minimum Gasteiger partial charge on any atom is -0.478 e. The Bertz CT molecular complexity index is 723. The minimum atomic E-state index is -3.67. The van der Waals surface area contributed by atoms with Gasteiger partial charge in [0.1, 0.15) is 10.6 Å². The monoisotopic (exact) mass is 312 g/mol. The molecule has 0 radical (unpaired) electrons. The van der Waals surface area contributed by atoms with Gasteiger partial charge in [-0.15, -0.1) is 0 Å². The topological polar surface area (TPSA) is 96.4 Å². The third-order valence-electron chi connectivity index (χ3n) is 2.52. The molecule has 0 atom stereocenters. The Labute approximate surface area is 120 Å². The number of nitrogens with one attached hydrogen (secondary N) is 1. The summed E-state index contributed by atoms with van der Waals surface area (Å²) in [6, 6.07) is 8.65. The van der Waals surface area contributed by atoms with E-state index in [2.05, 4.69) is 9.10 Å². The van der Waals surface area contributed by atoms with E-state index in [-0.39, 0.29) is 16.3 Å². The maximum atomic E-state index is 12.0. The van der Waals surface area contributed by atoms with E-state index in [0.29, 0.717) is 11.3 Å². The van der Waals surface area contributed by atoms with Gasteiger partial charge in [0.15, 0.2) is 0 Å². The van der Waals surface area contributed by atoms with Crippen molar-refractivity contribution in [2.45, 2.75) is 12.7 Å². The van der Waals surface area contributed by atoms with Gasteiger partial charge in [-0.05, 0) is 24.0 Å². The zero-order valence-corrected chi connectivity index (χ0v) is 12.2. The van der Waals surface area contributed by atoms with Gasteiger partial charge >= 0.3 is 5.97 Å². The first-order valence-electron chi connectivity index (χ1n) is 5.63. The van der Waals surface area contributed by atoms with Gasteiger partial charge in [-0.2, -0.15) is 4.37 Å². The Kier molecular flexibility index (Phi) is 4.05. The third kappa shape index (κ3) is 3.34. The first-order valence-corrected chi connectivity index (χ1v) is 8.05. The fourth-order valence-electron chi connectivity index (χ4n) is 1.66. The number of carbonyl (C=O) groups is 1. The summed E-state index contributed by atoms with van der Waals surface area (Å²) in [6.07, 6.45) is 0. The Morgan fingerprint density at radius 2 is 2.00 bits per heavy atom. The van der Waals surface area contributed by atoms with Crippen molar-refractivity contribution in [1.82, 2.24) is 4.37 Å². The van der Waals surface area contributed by atoms with Gasteiger partial charge in [0.05, 0.1) is 11.4 Å². The number of hydrogen-bond acceptors (Lipinski definition) is 5. The molecular weight excluding hydrogens is 300 g/mol. The van der Waals surface area contributed by atoms with Gasteiger partial charge < -0.3 is 5.11 Å². The summed E-state index contributed by atoms with van der Waals surface area (Å²) in [4.78, 5) is 11.1. The van der Waals surface area contributed by atoms with Gasteiger partial charge in [-0.25, -0.2) is 13.2 Å². The van der Waals surface area contributed by atoms with Crippen molar-refractivity contribution < 1.29 is 18.3 Å². The zero-order valence-electron chi connectivity index (χ0n) is 10.5. The van der Waals surface area contributed by atoms with Gasteiger partial charge in [0.25, 0.3) is 0 Å². The van der Waals surface area contributed by atoms with Crippen LogP contribution in [0.1, 0.15) is 21.6 Å². The van der Waals surface area contributed by atoms with Crippen LogP contribution in [0.3, 0.4) is 0 Å². The summed E-state index contributed by atoms with van der Waals surface area (Å²) >= 11 is 0.821. The van der Waals surface area contributed by atoms with Crippen molar-refractivity contribution in [3.05, 3.63) is 47.2 Å². The fourth-order valence-corrected chi connectivity index (χ4v) is 3.93. The first kappa shape index (κ1) is 14.5. The molecule has 0 aliphatic rings. The summed E-state index contributed by atoms with van der Waals surface area (Å²) in [6.45, 7) is 1.52. The van der Waals surface area contributed by atoms with E-state index >= 15 is 0 Å². The number of sulfonamides is 1. The number of benzene rings is 1. The second kappa shape index (κ2) is 5.59. The van der Waals surface area contributed by atoms with Crippen LogP contribution >= 0.6 is 11.5 Å². The molecule has 0 saturated carbocycles. The second-order valence-electron chi connectivity index (χ2n) is 4.12. The lowest BCUT2D eigenvalue weighted by molar-refractivity contribution is 0.0697. The molecule has 2 N–H and O–H groups in total. The molecule has 0 amide bonds. The van der Waals surface area contributed by atoms with Crippen LogP contribution in [-0.2, 0) is 15.8 Å². The first-order chi connectivity index (χ1) is 9.39. The number of aromatic nitrogens is 1. The second-order valence-corrected chi connectivity index (χ2v) is 6.62. The molecule has 2 aromatic rings.